The molecule has 0 saturated heterocycles. The van der Waals surface area contributed by atoms with E-state index in [9.17, 15) is 13.2 Å². The smallest absolute Gasteiger partial charge is 0.315 e. The molecule has 114 valence electrons. The minimum Gasteiger partial charge on any atom is -0.315 e. The molecule has 1 aromatic carbocycles. The van der Waals surface area contributed by atoms with E-state index < -0.39 is 12.7 Å². The Kier molecular flexibility index (Phi) is 7.02. The van der Waals surface area contributed by atoms with Gasteiger partial charge in [0.05, 0.1) is 6.54 Å². The molecule has 1 N–H and O–H groups in total. The summed E-state index contributed by atoms with van der Waals surface area (Å²) in [6.07, 6.45) is -3.21. The normalized spacial score (nSPS) is 13.7. The third kappa shape index (κ3) is 5.92. The van der Waals surface area contributed by atoms with Crippen molar-refractivity contribution in [1.82, 2.24) is 10.2 Å². The molecule has 0 spiro atoms. The van der Waals surface area contributed by atoms with Crippen LogP contribution < -0.4 is 5.32 Å². The molecule has 0 aliphatic rings. The summed E-state index contributed by atoms with van der Waals surface area (Å²) in [4.78, 5) is 1.47. The number of hydrogen-bond acceptors (Lipinski definition) is 2. The second-order valence-electron chi connectivity index (χ2n) is 4.81. The first-order chi connectivity index (χ1) is 9.48. The third-order valence-corrected chi connectivity index (χ3v) is 3.18. The van der Waals surface area contributed by atoms with Crippen molar-refractivity contribution in [3.63, 3.8) is 0 Å². The Balaban J connectivity index is 2.84. The highest BCUT2D eigenvalue weighted by molar-refractivity contribution is 5.19. The first kappa shape index (κ1) is 17.0. The highest BCUT2D eigenvalue weighted by atomic mass is 19.4. The van der Waals surface area contributed by atoms with Crippen molar-refractivity contribution in [3.05, 3.63) is 35.9 Å². The first-order valence-electron chi connectivity index (χ1n) is 7.04. The van der Waals surface area contributed by atoms with Crippen LogP contribution in [-0.2, 0) is 0 Å². The summed E-state index contributed by atoms with van der Waals surface area (Å²) >= 11 is 0. The summed E-state index contributed by atoms with van der Waals surface area (Å²) in [5.74, 6) is 0. The van der Waals surface area contributed by atoms with Crippen LogP contribution in [0.4, 0.5) is 13.2 Å². The predicted molar refractivity (Wildman–Crippen MR) is 75.6 cm³/mol. The van der Waals surface area contributed by atoms with Crippen molar-refractivity contribution in [2.24, 2.45) is 0 Å². The second-order valence-corrected chi connectivity index (χ2v) is 4.81. The molecule has 0 bridgehead atoms. The van der Waals surface area contributed by atoms with Crippen molar-refractivity contribution in [3.8, 4) is 0 Å². The summed E-state index contributed by atoms with van der Waals surface area (Å²) < 4.78 is 38.1. The van der Waals surface area contributed by atoms with Crippen LogP contribution in [0.2, 0.25) is 0 Å². The van der Waals surface area contributed by atoms with Gasteiger partial charge in [0.25, 0.3) is 0 Å². The SMILES string of the molecule is CCCNCC(c1ccccc1)N(CC)CC(F)(F)F. The minimum absolute atomic E-state index is 0.255. The number of halogens is 3. The quantitative estimate of drug-likeness (QED) is 0.735. The lowest BCUT2D eigenvalue weighted by Gasteiger charge is -2.32. The van der Waals surface area contributed by atoms with Gasteiger partial charge in [-0.1, -0.05) is 44.2 Å². The van der Waals surface area contributed by atoms with Crippen LogP contribution in [0.25, 0.3) is 0 Å². The van der Waals surface area contributed by atoms with Crippen LogP contribution in [0.3, 0.4) is 0 Å². The van der Waals surface area contributed by atoms with Gasteiger partial charge in [0.2, 0.25) is 0 Å². The maximum atomic E-state index is 12.7. The van der Waals surface area contributed by atoms with Crippen LogP contribution in [-0.4, -0.2) is 37.3 Å². The molecule has 0 fully saturated rings. The Bertz CT molecular complexity index is 365. The zero-order valence-electron chi connectivity index (χ0n) is 12.1. The summed E-state index contributed by atoms with van der Waals surface area (Å²) in [5.41, 5.74) is 0.919. The molecule has 5 heteroatoms. The molecule has 2 nitrogen and oxygen atoms in total. The molecule has 0 aromatic heterocycles. The molecule has 1 rings (SSSR count). The van der Waals surface area contributed by atoms with Gasteiger partial charge in [-0.3, -0.25) is 4.90 Å². The van der Waals surface area contributed by atoms with Gasteiger partial charge in [-0.25, -0.2) is 0 Å². The van der Waals surface area contributed by atoms with Gasteiger partial charge in [0.1, 0.15) is 0 Å². The minimum atomic E-state index is -4.17. The molecule has 1 unspecified atom stereocenters. The maximum Gasteiger partial charge on any atom is 0.401 e. The van der Waals surface area contributed by atoms with Crippen molar-refractivity contribution >= 4 is 0 Å². The standard InChI is InChI=1S/C15H23F3N2/c1-3-10-19-11-14(13-8-6-5-7-9-13)20(4-2)12-15(16,17)18/h5-9,14,19H,3-4,10-12H2,1-2H3. The van der Waals surface area contributed by atoms with E-state index in [1.165, 1.54) is 4.90 Å². The fourth-order valence-electron chi connectivity index (χ4n) is 2.22. The van der Waals surface area contributed by atoms with Crippen LogP contribution in [0.1, 0.15) is 31.9 Å². The highest BCUT2D eigenvalue weighted by Crippen LogP contribution is 2.25. The Labute approximate surface area is 119 Å². The number of nitrogens with zero attached hydrogens (tertiary/aromatic N) is 1. The van der Waals surface area contributed by atoms with Crippen LogP contribution in [0.5, 0.6) is 0 Å². The van der Waals surface area contributed by atoms with Gasteiger partial charge >= 0.3 is 6.18 Å². The van der Waals surface area contributed by atoms with E-state index in [1.807, 2.05) is 37.3 Å². The number of benzene rings is 1. The van der Waals surface area contributed by atoms with Crippen molar-refractivity contribution in [1.29, 1.82) is 0 Å². The average Bonchev–Trinajstić information content (AvgIpc) is 2.41. The molecule has 20 heavy (non-hydrogen) atoms. The van der Waals surface area contributed by atoms with Crippen molar-refractivity contribution in [2.75, 3.05) is 26.2 Å². The molecule has 0 saturated carbocycles. The Hall–Kier alpha value is -1.07. The molecule has 0 aliphatic heterocycles. The number of likely N-dealkylation sites (N-methyl/N-ethyl adjacent to an activating group) is 1. The van der Waals surface area contributed by atoms with E-state index in [0.717, 1.165) is 18.5 Å². The summed E-state index contributed by atoms with van der Waals surface area (Å²) in [7, 11) is 0. The van der Waals surface area contributed by atoms with E-state index >= 15 is 0 Å². The summed E-state index contributed by atoms with van der Waals surface area (Å²) in [5, 5.41) is 3.23. The monoisotopic (exact) mass is 288 g/mol. The Morgan fingerprint density at radius 2 is 1.80 bits per heavy atom. The highest BCUT2D eigenvalue weighted by Gasteiger charge is 2.33. The van der Waals surface area contributed by atoms with E-state index in [4.69, 9.17) is 0 Å². The largest absolute Gasteiger partial charge is 0.401 e. The van der Waals surface area contributed by atoms with Crippen LogP contribution in [0, 0.1) is 0 Å². The molecular formula is C15H23F3N2. The number of hydrogen-bond donors (Lipinski definition) is 1. The Morgan fingerprint density at radius 3 is 2.30 bits per heavy atom. The lowest BCUT2D eigenvalue weighted by molar-refractivity contribution is -0.150. The molecule has 0 heterocycles. The number of alkyl halides is 3. The van der Waals surface area contributed by atoms with Gasteiger partial charge in [-0.05, 0) is 25.1 Å². The summed E-state index contributed by atoms with van der Waals surface area (Å²) in [6, 6.07) is 9.12. The lowest BCUT2D eigenvalue weighted by atomic mass is 10.0. The van der Waals surface area contributed by atoms with E-state index in [2.05, 4.69) is 5.32 Å². The van der Waals surface area contributed by atoms with E-state index in [-0.39, 0.29) is 6.04 Å². The third-order valence-electron chi connectivity index (χ3n) is 3.18. The molecule has 1 aromatic rings. The second kappa shape index (κ2) is 8.27. The van der Waals surface area contributed by atoms with Gasteiger partial charge < -0.3 is 5.32 Å². The maximum absolute atomic E-state index is 12.7. The topological polar surface area (TPSA) is 15.3 Å². The number of nitrogens with one attached hydrogen (secondary N) is 1. The van der Waals surface area contributed by atoms with Crippen LogP contribution >= 0.6 is 0 Å². The first-order valence-corrected chi connectivity index (χ1v) is 7.04. The van der Waals surface area contributed by atoms with Gasteiger partial charge in [0.15, 0.2) is 0 Å². The van der Waals surface area contributed by atoms with Gasteiger partial charge in [0, 0.05) is 12.6 Å². The molecule has 0 radical (unpaired) electrons. The van der Waals surface area contributed by atoms with Gasteiger partial charge in [-0.15, -0.1) is 0 Å². The number of rotatable bonds is 8. The van der Waals surface area contributed by atoms with Crippen LogP contribution in [0.15, 0.2) is 30.3 Å². The Morgan fingerprint density at radius 1 is 1.15 bits per heavy atom. The van der Waals surface area contributed by atoms with E-state index in [0.29, 0.717) is 13.1 Å². The lowest BCUT2D eigenvalue weighted by Crippen LogP contribution is -2.41. The zero-order chi connectivity index (χ0) is 15.0. The zero-order valence-corrected chi connectivity index (χ0v) is 12.1. The van der Waals surface area contributed by atoms with Crippen molar-refractivity contribution in [2.45, 2.75) is 32.5 Å². The fourth-order valence-corrected chi connectivity index (χ4v) is 2.22. The predicted octanol–water partition coefficient (Wildman–Crippen LogP) is 3.61. The summed E-state index contributed by atoms with van der Waals surface area (Å²) in [6.45, 7) is 4.64. The van der Waals surface area contributed by atoms with Gasteiger partial charge in [-0.2, -0.15) is 13.2 Å². The molecular weight excluding hydrogens is 265 g/mol. The average molecular weight is 288 g/mol. The molecule has 0 amide bonds. The fraction of sp³-hybridized carbons (Fsp3) is 0.600. The van der Waals surface area contributed by atoms with E-state index in [1.54, 1.807) is 6.92 Å². The van der Waals surface area contributed by atoms with Crippen molar-refractivity contribution < 1.29 is 13.2 Å². The molecule has 1 atom stereocenters. The molecule has 0 aliphatic carbocycles.